The van der Waals surface area contributed by atoms with Gasteiger partial charge in [0.2, 0.25) is 0 Å². The van der Waals surface area contributed by atoms with Crippen molar-refractivity contribution in [2.75, 3.05) is 11.9 Å². The summed E-state index contributed by atoms with van der Waals surface area (Å²) in [5.74, 6) is -0.768. The van der Waals surface area contributed by atoms with Gasteiger partial charge in [-0.25, -0.2) is 8.78 Å². The molecule has 0 unspecified atom stereocenters. The lowest BCUT2D eigenvalue weighted by atomic mass is 9.86. The van der Waals surface area contributed by atoms with E-state index in [0.29, 0.717) is 17.8 Å². The van der Waals surface area contributed by atoms with Crippen LogP contribution < -0.4 is 5.32 Å². The van der Waals surface area contributed by atoms with Crippen molar-refractivity contribution >= 4 is 21.6 Å². The van der Waals surface area contributed by atoms with Crippen molar-refractivity contribution < 1.29 is 8.78 Å². The van der Waals surface area contributed by atoms with Crippen LogP contribution in [0.1, 0.15) is 19.4 Å². The molecule has 1 nitrogen and oxygen atoms in total. The Balaban J connectivity index is 2.75. The zero-order chi connectivity index (χ0) is 10.5. The Morgan fingerprint density at radius 3 is 2.71 bits per heavy atom. The Hall–Kier alpha value is -0.640. The molecule has 0 fully saturated rings. The van der Waals surface area contributed by atoms with E-state index in [2.05, 4.69) is 21.2 Å². The Morgan fingerprint density at radius 2 is 2.07 bits per heavy atom. The summed E-state index contributed by atoms with van der Waals surface area (Å²) in [4.78, 5) is 0. The van der Waals surface area contributed by atoms with Crippen molar-refractivity contribution in [3.05, 3.63) is 27.7 Å². The van der Waals surface area contributed by atoms with E-state index < -0.39 is 5.82 Å². The summed E-state index contributed by atoms with van der Waals surface area (Å²) in [5, 5.41) is 2.89. The van der Waals surface area contributed by atoms with Gasteiger partial charge in [-0.15, -0.1) is 0 Å². The SMILES string of the molecule is CC1(C)CNc2c(F)cc(Br)c(F)c21. The van der Waals surface area contributed by atoms with Gasteiger partial charge in [-0.2, -0.15) is 0 Å². The average Bonchev–Trinajstić information content (AvgIpc) is 2.38. The molecule has 2 rings (SSSR count). The van der Waals surface area contributed by atoms with Crippen molar-refractivity contribution in [1.82, 2.24) is 0 Å². The van der Waals surface area contributed by atoms with Crippen LogP contribution >= 0.6 is 15.9 Å². The summed E-state index contributed by atoms with van der Waals surface area (Å²) < 4.78 is 27.3. The number of halogens is 3. The van der Waals surface area contributed by atoms with E-state index in [4.69, 9.17) is 0 Å². The van der Waals surface area contributed by atoms with Crippen LogP contribution in [0, 0.1) is 11.6 Å². The molecule has 1 aromatic carbocycles. The van der Waals surface area contributed by atoms with Crippen molar-refractivity contribution in [2.24, 2.45) is 0 Å². The molecule has 1 aliphatic rings. The van der Waals surface area contributed by atoms with E-state index >= 15 is 0 Å². The molecule has 0 radical (unpaired) electrons. The van der Waals surface area contributed by atoms with E-state index in [1.54, 1.807) is 0 Å². The van der Waals surface area contributed by atoms with Gasteiger partial charge >= 0.3 is 0 Å². The molecule has 0 bridgehead atoms. The van der Waals surface area contributed by atoms with Crippen LogP contribution in [0.4, 0.5) is 14.5 Å². The Kier molecular flexibility index (Phi) is 2.07. The fourth-order valence-electron chi connectivity index (χ4n) is 1.80. The van der Waals surface area contributed by atoms with Crippen molar-refractivity contribution in [2.45, 2.75) is 19.3 Å². The minimum atomic E-state index is -0.404. The molecule has 0 amide bonds. The molecule has 1 aromatic rings. The highest BCUT2D eigenvalue weighted by Crippen LogP contribution is 2.41. The summed E-state index contributed by atoms with van der Waals surface area (Å²) in [6, 6.07) is 1.16. The summed E-state index contributed by atoms with van der Waals surface area (Å²) in [5.41, 5.74) is 0.379. The Labute approximate surface area is 89.6 Å². The lowest BCUT2D eigenvalue weighted by molar-refractivity contribution is 0.520. The zero-order valence-corrected chi connectivity index (χ0v) is 9.50. The predicted molar refractivity (Wildman–Crippen MR) is 55.6 cm³/mol. The van der Waals surface area contributed by atoms with Crippen LogP contribution in [0.5, 0.6) is 0 Å². The number of anilines is 1. The molecule has 4 heteroatoms. The third-order valence-corrected chi connectivity index (χ3v) is 3.13. The molecular formula is C10H10BrF2N. The van der Waals surface area contributed by atoms with E-state index in [-0.39, 0.29) is 15.7 Å². The highest BCUT2D eigenvalue weighted by atomic mass is 79.9. The van der Waals surface area contributed by atoms with Gasteiger partial charge in [0, 0.05) is 17.5 Å². The predicted octanol–water partition coefficient (Wildman–Crippen LogP) is 3.43. The first kappa shape index (κ1) is 9.90. The third kappa shape index (κ3) is 1.24. The van der Waals surface area contributed by atoms with Crippen LogP contribution in [-0.4, -0.2) is 6.54 Å². The highest BCUT2D eigenvalue weighted by Gasteiger charge is 2.35. The second-order valence-electron chi connectivity index (χ2n) is 4.14. The monoisotopic (exact) mass is 261 g/mol. The van der Waals surface area contributed by atoms with Gasteiger partial charge in [0.25, 0.3) is 0 Å². The largest absolute Gasteiger partial charge is 0.381 e. The number of hydrogen-bond acceptors (Lipinski definition) is 1. The maximum absolute atomic E-state index is 13.7. The molecule has 0 spiro atoms. The van der Waals surface area contributed by atoms with Crippen LogP contribution in [0.15, 0.2) is 10.5 Å². The molecule has 0 atom stereocenters. The molecular weight excluding hydrogens is 252 g/mol. The Bertz CT molecular complexity index is 402. The second-order valence-corrected chi connectivity index (χ2v) is 5.00. The second kappa shape index (κ2) is 2.92. The molecule has 0 saturated carbocycles. The zero-order valence-electron chi connectivity index (χ0n) is 7.92. The van der Waals surface area contributed by atoms with Crippen LogP contribution in [0.25, 0.3) is 0 Å². The lowest BCUT2D eigenvalue weighted by Crippen LogP contribution is -2.20. The molecule has 1 N–H and O–H groups in total. The van der Waals surface area contributed by atoms with Crippen molar-refractivity contribution in [3.63, 3.8) is 0 Å². The number of rotatable bonds is 0. The van der Waals surface area contributed by atoms with Crippen molar-refractivity contribution in [3.8, 4) is 0 Å². The molecule has 14 heavy (non-hydrogen) atoms. The molecule has 76 valence electrons. The highest BCUT2D eigenvalue weighted by molar-refractivity contribution is 9.10. The first-order valence-corrected chi connectivity index (χ1v) is 5.14. The number of fused-ring (bicyclic) bond motifs is 1. The fourth-order valence-corrected chi connectivity index (χ4v) is 2.20. The van der Waals surface area contributed by atoms with E-state index in [9.17, 15) is 8.78 Å². The van der Waals surface area contributed by atoms with Gasteiger partial charge in [0.05, 0.1) is 10.2 Å². The van der Waals surface area contributed by atoms with Gasteiger partial charge in [-0.3, -0.25) is 0 Å². The van der Waals surface area contributed by atoms with Crippen LogP contribution in [0.3, 0.4) is 0 Å². The van der Waals surface area contributed by atoms with Crippen LogP contribution in [-0.2, 0) is 5.41 Å². The quantitative estimate of drug-likeness (QED) is 0.706. The molecule has 1 aliphatic heterocycles. The van der Waals surface area contributed by atoms with Gasteiger partial charge in [-0.05, 0) is 22.0 Å². The summed E-state index contributed by atoms with van der Waals surface area (Å²) in [7, 11) is 0. The maximum atomic E-state index is 13.7. The standard InChI is InChI=1S/C10H10BrF2N/c1-10(2)4-14-9-6(12)3-5(11)8(13)7(9)10/h3,14H,4H2,1-2H3. The number of benzene rings is 1. The average molecular weight is 262 g/mol. The lowest BCUT2D eigenvalue weighted by Gasteiger charge is -2.18. The first-order valence-electron chi connectivity index (χ1n) is 4.35. The Morgan fingerprint density at radius 1 is 1.43 bits per heavy atom. The maximum Gasteiger partial charge on any atom is 0.147 e. The smallest absolute Gasteiger partial charge is 0.147 e. The number of hydrogen-bond donors (Lipinski definition) is 1. The third-order valence-electron chi connectivity index (χ3n) is 2.56. The van der Waals surface area contributed by atoms with E-state index in [0.717, 1.165) is 6.07 Å². The molecule has 1 heterocycles. The first-order chi connectivity index (χ1) is 6.43. The minimum absolute atomic E-state index is 0.186. The van der Waals surface area contributed by atoms with Gasteiger partial charge in [0.1, 0.15) is 11.6 Å². The van der Waals surface area contributed by atoms with Gasteiger partial charge in [-0.1, -0.05) is 13.8 Å². The number of nitrogens with one attached hydrogen (secondary N) is 1. The summed E-state index contributed by atoms with van der Waals surface area (Å²) in [6.07, 6.45) is 0. The topological polar surface area (TPSA) is 12.0 Å². The van der Waals surface area contributed by atoms with E-state index in [1.807, 2.05) is 13.8 Å². The molecule has 0 saturated heterocycles. The minimum Gasteiger partial charge on any atom is -0.381 e. The van der Waals surface area contributed by atoms with Gasteiger partial charge in [0.15, 0.2) is 0 Å². The molecule has 0 aliphatic carbocycles. The van der Waals surface area contributed by atoms with Gasteiger partial charge < -0.3 is 5.32 Å². The van der Waals surface area contributed by atoms with Crippen LogP contribution in [0.2, 0.25) is 0 Å². The normalized spacial score (nSPS) is 17.8. The summed E-state index contributed by atoms with van der Waals surface area (Å²) in [6.45, 7) is 4.34. The molecule has 0 aromatic heterocycles. The van der Waals surface area contributed by atoms with Crippen molar-refractivity contribution in [1.29, 1.82) is 0 Å². The summed E-state index contributed by atoms with van der Waals surface area (Å²) >= 11 is 3.01. The van der Waals surface area contributed by atoms with E-state index in [1.165, 1.54) is 0 Å². The fraction of sp³-hybridized carbons (Fsp3) is 0.400.